The SMILES string of the molecule is C[C@H]1C[C@H]2CSC(N)=NC2(c2nc(NC(=O)c3ccc(C#N)cn3)cs2)CO1. The normalized spacial score (nSPS) is 26.6. The number of pyridine rings is 1. The van der Waals surface area contributed by atoms with Gasteiger partial charge in [0.15, 0.2) is 5.17 Å². The summed E-state index contributed by atoms with van der Waals surface area (Å²) in [6.07, 6.45) is 2.43. The molecule has 144 valence electrons. The van der Waals surface area contributed by atoms with Crippen molar-refractivity contribution in [1.29, 1.82) is 5.26 Å². The molecule has 3 atom stereocenters. The Bertz CT molecular complexity index is 967. The Hall–Kier alpha value is -2.48. The first-order chi connectivity index (χ1) is 13.5. The van der Waals surface area contributed by atoms with Crippen molar-refractivity contribution in [2.45, 2.75) is 25.0 Å². The van der Waals surface area contributed by atoms with Gasteiger partial charge < -0.3 is 15.8 Å². The molecule has 1 saturated heterocycles. The van der Waals surface area contributed by atoms with Crippen LogP contribution in [0.5, 0.6) is 0 Å². The number of amides is 1. The van der Waals surface area contributed by atoms with Gasteiger partial charge in [0.2, 0.25) is 0 Å². The standard InChI is InChI=1S/C18H18N6O2S2/c1-10-4-12-7-28-17(20)24-18(12,9-26-10)16-23-14(8-27-16)22-15(25)13-3-2-11(5-19)6-21-13/h2-3,6,8,10,12H,4,7,9H2,1H3,(H2,20,24)(H,22,25)/t10-,12-,18?/m0/s1. The van der Waals surface area contributed by atoms with Gasteiger partial charge in [-0.15, -0.1) is 11.3 Å². The highest BCUT2D eigenvalue weighted by Gasteiger charge is 2.49. The summed E-state index contributed by atoms with van der Waals surface area (Å²) in [7, 11) is 0. The highest BCUT2D eigenvalue weighted by atomic mass is 32.2. The number of nitriles is 1. The first kappa shape index (κ1) is 18.9. The number of thioether (sulfide) groups is 1. The van der Waals surface area contributed by atoms with E-state index >= 15 is 0 Å². The number of hydrogen-bond acceptors (Lipinski definition) is 9. The van der Waals surface area contributed by atoms with E-state index in [1.54, 1.807) is 23.2 Å². The van der Waals surface area contributed by atoms with Gasteiger partial charge in [-0.1, -0.05) is 11.8 Å². The molecule has 0 aliphatic carbocycles. The molecule has 4 rings (SSSR count). The minimum absolute atomic E-state index is 0.176. The lowest BCUT2D eigenvalue weighted by atomic mass is 9.80. The number of fused-ring (bicyclic) bond motifs is 1. The van der Waals surface area contributed by atoms with Crippen LogP contribution < -0.4 is 11.1 Å². The molecule has 28 heavy (non-hydrogen) atoms. The Kier molecular flexibility index (Phi) is 5.05. The molecule has 10 heteroatoms. The molecule has 0 saturated carbocycles. The molecule has 2 aromatic heterocycles. The molecule has 0 radical (unpaired) electrons. The smallest absolute Gasteiger partial charge is 0.275 e. The quantitative estimate of drug-likeness (QED) is 0.789. The Morgan fingerprint density at radius 3 is 3.11 bits per heavy atom. The van der Waals surface area contributed by atoms with Crippen molar-refractivity contribution in [2.24, 2.45) is 16.6 Å². The second kappa shape index (κ2) is 7.50. The molecule has 2 aliphatic rings. The number of anilines is 1. The monoisotopic (exact) mass is 414 g/mol. The molecule has 0 aromatic carbocycles. The van der Waals surface area contributed by atoms with E-state index in [1.807, 2.05) is 6.07 Å². The van der Waals surface area contributed by atoms with Crippen molar-refractivity contribution in [3.8, 4) is 6.07 Å². The first-order valence-electron chi connectivity index (χ1n) is 8.73. The van der Waals surface area contributed by atoms with Crippen molar-refractivity contribution >= 4 is 40.0 Å². The Morgan fingerprint density at radius 1 is 1.50 bits per heavy atom. The van der Waals surface area contributed by atoms with E-state index in [9.17, 15) is 4.79 Å². The summed E-state index contributed by atoms with van der Waals surface area (Å²) < 4.78 is 5.91. The van der Waals surface area contributed by atoms with Crippen molar-refractivity contribution < 1.29 is 9.53 Å². The lowest BCUT2D eigenvalue weighted by Gasteiger charge is -2.44. The number of hydrogen-bond donors (Lipinski definition) is 2. The number of rotatable bonds is 3. The van der Waals surface area contributed by atoms with Crippen LogP contribution in [0.3, 0.4) is 0 Å². The van der Waals surface area contributed by atoms with Crippen LogP contribution in [0, 0.1) is 17.2 Å². The van der Waals surface area contributed by atoms with Gasteiger partial charge >= 0.3 is 0 Å². The maximum atomic E-state index is 12.4. The molecule has 2 aliphatic heterocycles. The Morgan fingerprint density at radius 2 is 2.36 bits per heavy atom. The number of ether oxygens (including phenoxy) is 1. The van der Waals surface area contributed by atoms with Gasteiger partial charge in [-0.05, 0) is 25.5 Å². The van der Waals surface area contributed by atoms with Crippen LogP contribution in [0.4, 0.5) is 5.82 Å². The maximum absolute atomic E-state index is 12.4. The van der Waals surface area contributed by atoms with E-state index in [1.165, 1.54) is 23.6 Å². The molecule has 3 N–H and O–H groups in total. The molecule has 0 bridgehead atoms. The van der Waals surface area contributed by atoms with Crippen molar-refractivity contribution in [3.05, 3.63) is 40.0 Å². The highest BCUT2D eigenvalue weighted by molar-refractivity contribution is 8.13. The van der Waals surface area contributed by atoms with Gasteiger partial charge in [-0.2, -0.15) is 5.26 Å². The third kappa shape index (κ3) is 3.48. The van der Waals surface area contributed by atoms with Crippen LogP contribution in [-0.4, -0.2) is 39.5 Å². The minimum Gasteiger partial charge on any atom is -0.379 e. The number of nitrogens with two attached hydrogens (primary N) is 1. The van der Waals surface area contributed by atoms with Crippen LogP contribution in [0.2, 0.25) is 0 Å². The number of nitrogens with one attached hydrogen (secondary N) is 1. The number of thiazole rings is 1. The molecule has 1 amide bonds. The minimum atomic E-state index is -0.595. The second-order valence-corrected chi connectivity index (χ2v) is 8.67. The third-order valence-corrected chi connectivity index (χ3v) is 6.83. The van der Waals surface area contributed by atoms with Gasteiger partial charge in [0.25, 0.3) is 5.91 Å². The lowest BCUT2D eigenvalue weighted by Crippen LogP contribution is -2.49. The molecule has 1 unspecified atom stereocenters. The molecular weight excluding hydrogens is 396 g/mol. The summed E-state index contributed by atoms with van der Waals surface area (Å²) in [6, 6.07) is 5.03. The molecule has 0 spiro atoms. The molecular formula is C18H18N6O2S2. The molecule has 1 fully saturated rings. The number of aliphatic imine (C=N–C) groups is 1. The third-order valence-electron chi connectivity index (χ3n) is 4.86. The summed E-state index contributed by atoms with van der Waals surface area (Å²) in [5, 5.41) is 14.7. The number of aromatic nitrogens is 2. The first-order valence-corrected chi connectivity index (χ1v) is 10.6. The van der Waals surface area contributed by atoms with Crippen LogP contribution >= 0.6 is 23.1 Å². The van der Waals surface area contributed by atoms with E-state index in [0.717, 1.165) is 17.2 Å². The van der Waals surface area contributed by atoms with E-state index in [2.05, 4.69) is 22.2 Å². The van der Waals surface area contributed by atoms with Crippen molar-refractivity contribution in [2.75, 3.05) is 17.7 Å². The number of carbonyl (C=O) groups excluding carboxylic acids is 1. The predicted molar refractivity (Wildman–Crippen MR) is 108 cm³/mol. The Balaban J connectivity index is 1.57. The number of nitrogens with zero attached hydrogens (tertiary/aromatic N) is 4. The van der Waals surface area contributed by atoms with Gasteiger partial charge in [-0.25, -0.2) is 15.0 Å². The number of carbonyl (C=O) groups is 1. The average Bonchev–Trinajstić information content (AvgIpc) is 3.17. The van der Waals surface area contributed by atoms with Crippen LogP contribution in [0.25, 0.3) is 0 Å². The lowest BCUT2D eigenvalue weighted by molar-refractivity contribution is -0.0466. The highest BCUT2D eigenvalue weighted by Crippen LogP contribution is 2.46. The average molecular weight is 415 g/mol. The van der Waals surface area contributed by atoms with Gasteiger partial charge in [0.1, 0.15) is 28.1 Å². The van der Waals surface area contributed by atoms with Crippen LogP contribution in [-0.2, 0) is 10.3 Å². The van der Waals surface area contributed by atoms with Crippen molar-refractivity contribution in [3.63, 3.8) is 0 Å². The van der Waals surface area contributed by atoms with Crippen LogP contribution in [0.1, 0.15) is 34.4 Å². The predicted octanol–water partition coefficient (Wildman–Crippen LogP) is 2.34. The van der Waals surface area contributed by atoms with Gasteiger partial charge in [0.05, 0.1) is 18.3 Å². The molecule has 4 heterocycles. The fourth-order valence-corrected chi connectivity index (χ4v) is 5.36. The van der Waals surface area contributed by atoms with Crippen molar-refractivity contribution in [1.82, 2.24) is 9.97 Å². The zero-order valence-electron chi connectivity index (χ0n) is 15.1. The van der Waals surface area contributed by atoms with E-state index in [4.69, 9.17) is 20.7 Å². The summed E-state index contributed by atoms with van der Waals surface area (Å²) in [6.45, 7) is 2.49. The fourth-order valence-electron chi connectivity index (χ4n) is 3.38. The zero-order chi connectivity index (χ0) is 19.7. The summed E-state index contributed by atoms with van der Waals surface area (Å²) in [4.78, 5) is 25.8. The summed E-state index contributed by atoms with van der Waals surface area (Å²) >= 11 is 3.00. The van der Waals surface area contributed by atoms with E-state index in [-0.39, 0.29) is 23.6 Å². The topological polar surface area (TPSA) is 126 Å². The van der Waals surface area contributed by atoms with Gasteiger partial charge in [-0.3, -0.25) is 4.79 Å². The van der Waals surface area contributed by atoms with Crippen LogP contribution in [0.15, 0.2) is 28.7 Å². The zero-order valence-corrected chi connectivity index (χ0v) is 16.7. The Labute approximate surface area is 170 Å². The molecule has 8 nitrogen and oxygen atoms in total. The van der Waals surface area contributed by atoms with E-state index in [0.29, 0.717) is 23.2 Å². The fraction of sp³-hybridized carbons (Fsp3) is 0.389. The summed E-state index contributed by atoms with van der Waals surface area (Å²) in [5.74, 6) is 1.21. The summed E-state index contributed by atoms with van der Waals surface area (Å²) in [5.41, 5.74) is 6.04. The van der Waals surface area contributed by atoms with Gasteiger partial charge in [0, 0.05) is 23.2 Å². The molecule has 2 aromatic rings. The second-order valence-electron chi connectivity index (χ2n) is 6.78. The largest absolute Gasteiger partial charge is 0.379 e. The maximum Gasteiger partial charge on any atom is 0.275 e. The van der Waals surface area contributed by atoms with E-state index < -0.39 is 5.54 Å². The number of amidine groups is 1.